The van der Waals surface area contributed by atoms with Gasteiger partial charge in [-0.2, -0.15) is 0 Å². The smallest absolute Gasteiger partial charge is 0.157 e. The van der Waals surface area contributed by atoms with Gasteiger partial charge in [-0.25, -0.2) is 0 Å². The lowest BCUT2D eigenvalue weighted by Gasteiger charge is -2.01. The minimum Gasteiger partial charge on any atom is -0.486 e. The van der Waals surface area contributed by atoms with Gasteiger partial charge in [0.2, 0.25) is 0 Å². The van der Waals surface area contributed by atoms with Crippen LogP contribution in [0.25, 0.3) is 0 Å². The first-order valence-electron chi connectivity index (χ1n) is 8.34. The van der Waals surface area contributed by atoms with E-state index in [4.69, 9.17) is 16.3 Å². The highest BCUT2D eigenvalue weighted by Crippen LogP contribution is 2.14. The molecular formula is C20H33ClN2O2. The fourth-order valence-electron chi connectivity index (χ4n) is 1.26. The van der Waals surface area contributed by atoms with Crippen molar-refractivity contribution in [2.45, 2.75) is 34.6 Å². The Balaban J connectivity index is -0.000000324. The summed E-state index contributed by atoms with van der Waals surface area (Å²) in [4.78, 5) is 13.8. The van der Waals surface area contributed by atoms with E-state index in [1.807, 2.05) is 41.7 Å². The zero-order valence-electron chi connectivity index (χ0n) is 16.6. The molecule has 0 saturated carbocycles. The van der Waals surface area contributed by atoms with E-state index >= 15 is 0 Å². The van der Waals surface area contributed by atoms with E-state index in [0.29, 0.717) is 17.1 Å². The molecule has 1 aromatic rings. The van der Waals surface area contributed by atoms with E-state index in [9.17, 15) is 4.79 Å². The van der Waals surface area contributed by atoms with Crippen molar-refractivity contribution in [2.24, 2.45) is 4.99 Å². The zero-order valence-corrected chi connectivity index (χ0v) is 17.4. The molecular weight excluding hydrogens is 336 g/mol. The van der Waals surface area contributed by atoms with Crippen LogP contribution >= 0.6 is 11.6 Å². The normalized spacial score (nSPS) is 9.76. The second kappa shape index (κ2) is 21.9. The lowest BCUT2D eigenvalue weighted by Crippen LogP contribution is -2.08. The molecule has 4 nitrogen and oxygen atoms in total. The second-order valence-electron chi connectivity index (χ2n) is 3.87. The molecule has 0 saturated heterocycles. The first-order chi connectivity index (χ1) is 12.1. The number of hydrogen-bond acceptors (Lipinski definition) is 4. The molecule has 0 aliphatic carbocycles. The summed E-state index contributed by atoms with van der Waals surface area (Å²) in [6.45, 7) is 13.7. The fraction of sp³-hybridized carbons (Fsp3) is 0.400. The number of ether oxygens (including phenoxy) is 1. The van der Waals surface area contributed by atoms with Crippen LogP contribution in [0.5, 0.6) is 5.75 Å². The quantitative estimate of drug-likeness (QED) is 0.419. The van der Waals surface area contributed by atoms with Gasteiger partial charge in [0.25, 0.3) is 0 Å². The lowest BCUT2D eigenvalue weighted by molar-refractivity contribution is -0.109. The third kappa shape index (κ3) is 16.6. The van der Waals surface area contributed by atoms with Gasteiger partial charge in [-0.15, -0.1) is 0 Å². The van der Waals surface area contributed by atoms with E-state index in [0.717, 1.165) is 11.3 Å². The minimum absolute atomic E-state index is 0.0850. The van der Waals surface area contributed by atoms with Crippen molar-refractivity contribution in [1.82, 2.24) is 5.32 Å². The third-order valence-corrected chi connectivity index (χ3v) is 2.64. The van der Waals surface area contributed by atoms with E-state index in [1.54, 1.807) is 43.6 Å². The van der Waals surface area contributed by atoms with Crippen LogP contribution in [-0.2, 0) is 4.79 Å². The summed E-state index contributed by atoms with van der Waals surface area (Å²) in [7, 11) is 3.61. The topological polar surface area (TPSA) is 50.7 Å². The first kappa shape index (κ1) is 27.8. The molecule has 0 bridgehead atoms. The molecule has 1 N–H and O–H groups in total. The summed E-state index contributed by atoms with van der Waals surface area (Å²) in [6.07, 6.45) is 4.28. The first-order valence-corrected chi connectivity index (χ1v) is 8.72. The molecule has 0 unspecified atom stereocenters. The average molecular weight is 369 g/mol. The predicted octanol–water partition coefficient (Wildman–Crippen LogP) is 5.34. The summed E-state index contributed by atoms with van der Waals surface area (Å²) in [5.41, 5.74) is 2.12. The molecule has 0 spiro atoms. The number of carbonyl (C=O) groups excluding carboxylic acids is 1. The third-order valence-electron chi connectivity index (χ3n) is 2.39. The number of aldehydes is 1. The van der Waals surface area contributed by atoms with Crippen molar-refractivity contribution in [3.63, 3.8) is 0 Å². The number of rotatable bonds is 6. The largest absolute Gasteiger partial charge is 0.486 e. The summed E-state index contributed by atoms with van der Waals surface area (Å²) in [6, 6.07) is 6.85. The van der Waals surface area contributed by atoms with Crippen LogP contribution < -0.4 is 10.1 Å². The van der Waals surface area contributed by atoms with Gasteiger partial charge in [0, 0.05) is 25.3 Å². The van der Waals surface area contributed by atoms with Crippen LogP contribution in [0.4, 0.5) is 0 Å². The number of allylic oxidation sites excluding steroid dienone is 3. The standard InChI is InChI=1S/C8H7ClO2.C8H14N2.2C2H6/c9-7-1-3-8(4-2-7)11-6-5-10;1-5-7(2)8(10-4)6-9-3;2*1-2/h1-5H,6H2;5-6,10H,1H2,2-4H3;2*1-2H3/b;8-7-,9-6?;;. The van der Waals surface area contributed by atoms with Gasteiger partial charge in [-0.1, -0.05) is 52.0 Å². The van der Waals surface area contributed by atoms with Crippen molar-refractivity contribution in [1.29, 1.82) is 0 Å². The number of nitrogens with one attached hydrogen (secondary N) is 1. The number of carbonyl (C=O) groups is 1. The Hall–Kier alpha value is -2.07. The molecule has 142 valence electrons. The summed E-state index contributed by atoms with van der Waals surface area (Å²) < 4.78 is 4.98. The van der Waals surface area contributed by atoms with E-state index < -0.39 is 0 Å². The average Bonchev–Trinajstić information content (AvgIpc) is 2.68. The SMILES string of the molecule is C=C/C(C)=C(/C=NC)NC.CC.CC.O=CCOc1ccc(Cl)cc1. The molecule has 0 radical (unpaired) electrons. The predicted molar refractivity (Wildman–Crippen MR) is 112 cm³/mol. The number of aliphatic imine (C=N–C) groups is 1. The van der Waals surface area contributed by atoms with Gasteiger partial charge in [0.15, 0.2) is 6.29 Å². The molecule has 0 heterocycles. The van der Waals surface area contributed by atoms with Crippen molar-refractivity contribution >= 4 is 24.1 Å². The molecule has 0 aromatic heterocycles. The van der Waals surface area contributed by atoms with Gasteiger partial charge >= 0.3 is 0 Å². The molecule has 1 aromatic carbocycles. The van der Waals surface area contributed by atoms with Crippen molar-refractivity contribution in [2.75, 3.05) is 20.7 Å². The maximum absolute atomic E-state index is 9.89. The Morgan fingerprint density at radius 2 is 1.76 bits per heavy atom. The summed E-state index contributed by atoms with van der Waals surface area (Å²) >= 11 is 5.62. The lowest BCUT2D eigenvalue weighted by atomic mass is 10.2. The minimum atomic E-state index is 0.0850. The molecule has 5 heteroatoms. The Morgan fingerprint density at radius 3 is 2.12 bits per heavy atom. The number of nitrogens with zero attached hydrogens (tertiary/aromatic N) is 1. The summed E-state index contributed by atoms with van der Waals surface area (Å²) in [5.74, 6) is 0.654. The molecule has 0 amide bonds. The zero-order chi connectivity index (χ0) is 20.1. The van der Waals surface area contributed by atoms with Crippen molar-refractivity contribution < 1.29 is 9.53 Å². The maximum atomic E-state index is 9.89. The van der Waals surface area contributed by atoms with E-state index in [1.165, 1.54) is 0 Å². The van der Waals surface area contributed by atoms with Crippen LogP contribution in [0, 0.1) is 0 Å². The highest BCUT2D eigenvalue weighted by molar-refractivity contribution is 6.30. The highest BCUT2D eigenvalue weighted by Gasteiger charge is 1.91. The molecule has 0 atom stereocenters. The molecule has 0 aliphatic rings. The van der Waals surface area contributed by atoms with Gasteiger partial charge in [0.1, 0.15) is 12.4 Å². The second-order valence-corrected chi connectivity index (χ2v) is 4.31. The van der Waals surface area contributed by atoms with Crippen molar-refractivity contribution in [3.05, 3.63) is 53.2 Å². The molecule has 25 heavy (non-hydrogen) atoms. The Kier molecular flexibility index (Phi) is 24.4. The number of benzene rings is 1. The van der Waals surface area contributed by atoms with Gasteiger partial charge in [0.05, 0.1) is 5.70 Å². The number of hydrogen-bond donors (Lipinski definition) is 1. The van der Waals surface area contributed by atoms with Crippen LogP contribution in [0.15, 0.2) is 53.2 Å². The van der Waals surface area contributed by atoms with Crippen LogP contribution in [0.1, 0.15) is 34.6 Å². The molecule has 0 fully saturated rings. The molecule has 1 rings (SSSR count). The monoisotopic (exact) mass is 368 g/mol. The van der Waals surface area contributed by atoms with Gasteiger partial charge < -0.3 is 10.1 Å². The van der Waals surface area contributed by atoms with E-state index in [-0.39, 0.29) is 6.61 Å². The van der Waals surface area contributed by atoms with Crippen LogP contribution in [-0.4, -0.2) is 33.2 Å². The fourth-order valence-corrected chi connectivity index (χ4v) is 1.39. The van der Waals surface area contributed by atoms with Gasteiger partial charge in [-0.05, 0) is 36.8 Å². The Bertz CT molecular complexity index is 495. The maximum Gasteiger partial charge on any atom is 0.157 e. The Morgan fingerprint density at radius 1 is 1.24 bits per heavy atom. The Labute approximate surface area is 158 Å². The number of halogens is 1. The molecule has 0 aliphatic heterocycles. The van der Waals surface area contributed by atoms with Crippen molar-refractivity contribution in [3.8, 4) is 5.75 Å². The summed E-state index contributed by atoms with van der Waals surface area (Å²) in [5, 5.41) is 3.67. The van der Waals surface area contributed by atoms with Crippen LogP contribution in [0.3, 0.4) is 0 Å². The van der Waals surface area contributed by atoms with E-state index in [2.05, 4.69) is 16.9 Å². The van der Waals surface area contributed by atoms with Gasteiger partial charge in [-0.3, -0.25) is 9.79 Å². The highest BCUT2D eigenvalue weighted by atomic mass is 35.5. The van der Waals surface area contributed by atoms with Crippen LogP contribution in [0.2, 0.25) is 5.02 Å².